The largest absolute Gasteiger partial charge is 0.489 e. The van der Waals surface area contributed by atoms with Crippen molar-refractivity contribution in [1.29, 1.82) is 0 Å². The third-order valence-electron chi connectivity index (χ3n) is 6.88. The van der Waals surface area contributed by atoms with Crippen LogP contribution in [0.3, 0.4) is 0 Å². The summed E-state index contributed by atoms with van der Waals surface area (Å²) < 4.78 is 9.07. The second kappa shape index (κ2) is 11.2. The van der Waals surface area contributed by atoms with Crippen molar-refractivity contribution in [2.45, 2.75) is 34.3 Å². The molecule has 1 saturated heterocycles. The van der Waals surface area contributed by atoms with E-state index in [0.29, 0.717) is 12.3 Å². The number of nitrogens with zero attached hydrogens (tertiary/aromatic N) is 2. The van der Waals surface area contributed by atoms with E-state index in [1.54, 1.807) is 6.08 Å². The van der Waals surface area contributed by atoms with Gasteiger partial charge in [-0.3, -0.25) is 19.8 Å². The summed E-state index contributed by atoms with van der Waals surface area (Å²) in [7, 11) is 0. The maximum Gasteiger partial charge on any atom is 0.270 e. The fraction of sp³-hybridized carbons (Fsp3) is 0.156. The van der Waals surface area contributed by atoms with Gasteiger partial charge in [-0.2, -0.15) is 0 Å². The maximum atomic E-state index is 13.6. The predicted octanol–water partition coefficient (Wildman–Crippen LogP) is 6.88. The second-order valence-corrected chi connectivity index (χ2v) is 11.1. The first-order valence-electron chi connectivity index (χ1n) is 12.8. The van der Waals surface area contributed by atoms with Crippen molar-refractivity contribution in [1.82, 2.24) is 9.88 Å². The Labute approximate surface area is 247 Å². The fourth-order valence-corrected chi connectivity index (χ4v) is 5.40. The lowest BCUT2D eigenvalue weighted by atomic mass is 10.0. The molecule has 0 bridgehead atoms. The van der Waals surface area contributed by atoms with Crippen LogP contribution in [0.25, 0.3) is 11.8 Å². The van der Waals surface area contributed by atoms with Crippen LogP contribution >= 0.6 is 28.1 Å². The number of hydrogen-bond donors (Lipinski definition) is 1. The molecular weight excluding hydrogens is 586 g/mol. The zero-order valence-electron chi connectivity index (χ0n) is 22.6. The summed E-state index contributed by atoms with van der Waals surface area (Å²) in [5, 5.41) is 2.76. The number of ether oxygens (including phenoxy) is 1. The van der Waals surface area contributed by atoms with Crippen molar-refractivity contribution in [3.63, 3.8) is 0 Å². The van der Waals surface area contributed by atoms with Crippen molar-refractivity contribution >= 4 is 56.8 Å². The number of halogens is 1. The molecule has 5 rings (SSSR count). The van der Waals surface area contributed by atoms with Crippen LogP contribution in [-0.4, -0.2) is 21.5 Å². The number of benzene rings is 3. The van der Waals surface area contributed by atoms with Gasteiger partial charge in [0.05, 0.1) is 5.69 Å². The average molecular weight is 615 g/mol. The maximum absolute atomic E-state index is 13.6. The molecule has 0 aliphatic carbocycles. The fourth-order valence-electron chi connectivity index (χ4n) is 4.86. The van der Waals surface area contributed by atoms with E-state index in [1.165, 1.54) is 4.90 Å². The monoisotopic (exact) mass is 613 g/mol. The number of aromatic nitrogens is 1. The van der Waals surface area contributed by atoms with Gasteiger partial charge in [-0.05, 0) is 111 Å². The van der Waals surface area contributed by atoms with Crippen LogP contribution in [-0.2, 0) is 16.2 Å². The van der Waals surface area contributed by atoms with Crippen LogP contribution in [0.4, 0.5) is 5.69 Å². The Hall–Kier alpha value is -4.01. The SMILES string of the molecule is Cc1ccc(N2C(=O)/C(=C/c3cc(C)n(-c4ccc(OCc5ccc(Br)cc5)cc4)c3C)C(=O)NC2=S)c(C)c1. The van der Waals surface area contributed by atoms with Gasteiger partial charge in [0, 0.05) is 21.5 Å². The van der Waals surface area contributed by atoms with E-state index in [1.807, 2.05) is 100 Å². The van der Waals surface area contributed by atoms with Crippen LogP contribution in [0.5, 0.6) is 5.75 Å². The normalized spacial score (nSPS) is 14.6. The van der Waals surface area contributed by atoms with Gasteiger partial charge in [0.15, 0.2) is 5.11 Å². The standard InChI is InChI=1S/C32H28BrN3O3S/c1-19-5-14-29(20(2)15-19)36-31(38)28(30(37)34-32(36)40)17-24-16-21(3)35(22(24)4)26-10-12-27(13-11-26)39-18-23-6-8-25(33)9-7-23/h5-17H,18H2,1-4H3,(H,34,37,40)/b28-17+. The zero-order chi connectivity index (χ0) is 28.6. The smallest absolute Gasteiger partial charge is 0.270 e. The molecule has 1 aliphatic heterocycles. The summed E-state index contributed by atoms with van der Waals surface area (Å²) in [4.78, 5) is 27.8. The van der Waals surface area contributed by atoms with E-state index in [9.17, 15) is 9.59 Å². The molecule has 8 heteroatoms. The molecule has 0 spiro atoms. The van der Waals surface area contributed by atoms with Gasteiger partial charge in [-0.15, -0.1) is 0 Å². The molecule has 1 N–H and O–H groups in total. The first kappa shape index (κ1) is 27.6. The van der Waals surface area contributed by atoms with Gasteiger partial charge < -0.3 is 9.30 Å². The lowest BCUT2D eigenvalue weighted by Gasteiger charge is -2.30. The zero-order valence-corrected chi connectivity index (χ0v) is 25.0. The molecule has 4 aromatic rings. The first-order valence-corrected chi connectivity index (χ1v) is 14.0. The Morgan fingerprint density at radius 3 is 2.30 bits per heavy atom. The quantitative estimate of drug-likeness (QED) is 0.146. The number of nitrogens with one attached hydrogen (secondary N) is 1. The van der Waals surface area contributed by atoms with Crippen molar-refractivity contribution in [3.8, 4) is 11.4 Å². The van der Waals surface area contributed by atoms with E-state index in [2.05, 4.69) is 25.8 Å². The number of amides is 2. The number of carbonyl (C=O) groups excluding carboxylic acids is 2. The van der Waals surface area contributed by atoms with Crippen molar-refractivity contribution < 1.29 is 14.3 Å². The van der Waals surface area contributed by atoms with Crippen LogP contribution in [0.15, 0.2) is 82.8 Å². The van der Waals surface area contributed by atoms with E-state index in [-0.39, 0.29) is 10.7 Å². The molecule has 202 valence electrons. The molecular formula is C32H28BrN3O3S. The van der Waals surface area contributed by atoms with Crippen molar-refractivity contribution in [3.05, 3.63) is 116 Å². The molecule has 0 atom stereocenters. The number of anilines is 1. The molecule has 0 saturated carbocycles. The minimum absolute atomic E-state index is 0.0329. The summed E-state index contributed by atoms with van der Waals surface area (Å²) in [6.45, 7) is 8.34. The Morgan fingerprint density at radius 1 is 0.925 bits per heavy atom. The lowest BCUT2D eigenvalue weighted by molar-refractivity contribution is -0.122. The van der Waals surface area contributed by atoms with E-state index < -0.39 is 11.8 Å². The highest BCUT2D eigenvalue weighted by Crippen LogP contribution is 2.29. The molecule has 1 aromatic heterocycles. The van der Waals surface area contributed by atoms with Gasteiger partial charge in [0.25, 0.3) is 11.8 Å². The van der Waals surface area contributed by atoms with E-state index in [4.69, 9.17) is 17.0 Å². The topological polar surface area (TPSA) is 63.6 Å². The van der Waals surface area contributed by atoms with Crippen molar-refractivity contribution in [2.75, 3.05) is 4.90 Å². The van der Waals surface area contributed by atoms with Gasteiger partial charge >= 0.3 is 0 Å². The predicted molar refractivity (Wildman–Crippen MR) is 166 cm³/mol. The molecule has 2 heterocycles. The molecule has 0 unspecified atom stereocenters. The van der Waals surface area contributed by atoms with Gasteiger partial charge in [0.1, 0.15) is 17.9 Å². The summed E-state index contributed by atoms with van der Waals surface area (Å²) in [6, 6.07) is 23.6. The van der Waals surface area contributed by atoms with Gasteiger partial charge in [-0.1, -0.05) is 45.8 Å². The van der Waals surface area contributed by atoms with Crippen LogP contribution < -0.4 is 15.0 Å². The highest BCUT2D eigenvalue weighted by atomic mass is 79.9. The lowest BCUT2D eigenvalue weighted by Crippen LogP contribution is -2.54. The van der Waals surface area contributed by atoms with Crippen LogP contribution in [0.2, 0.25) is 0 Å². The minimum atomic E-state index is -0.506. The van der Waals surface area contributed by atoms with E-state index in [0.717, 1.165) is 49.6 Å². The Morgan fingerprint density at radius 2 is 1.62 bits per heavy atom. The Balaban J connectivity index is 1.40. The Kier molecular flexibility index (Phi) is 7.74. The Bertz CT molecular complexity index is 1670. The molecule has 0 radical (unpaired) electrons. The summed E-state index contributed by atoms with van der Waals surface area (Å²) >= 11 is 8.83. The first-order chi connectivity index (χ1) is 19.1. The number of thiocarbonyl (C=S) groups is 1. The highest BCUT2D eigenvalue weighted by molar-refractivity contribution is 9.10. The highest BCUT2D eigenvalue weighted by Gasteiger charge is 2.35. The minimum Gasteiger partial charge on any atom is -0.489 e. The molecule has 2 amide bonds. The molecule has 1 aliphatic rings. The van der Waals surface area contributed by atoms with Crippen molar-refractivity contribution in [2.24, 2.45) is 0 Å². The summed E-state index contributed by atoms with van der Waals surface area (Å²) in [5.41, 5.74) is 7.35. The molecule has 40 heavy (non-hydrogen) atoms. The van der Waals surface area contributed by atoms with Gasteiger partial charge in [-0.25, -0.2) is 0 Å². The number of aryl methyl sites for hydroxylation is 3. The summed E-state index contributed by atoms with van der Waals surface area (Å²) in [6.07, 6.45) is 1.64. The van der Waals surface area contributed by atoms with Crippen LogP contribution in [0.1, 0.15) is 33.6 Å². The molecule has 3 aromatic carbocycles. The number of rotatable bonds is 6. The van der Waals surface area contributed by atoms with E-state index >= 15 is 0 Å². The average Bonchev–Trinajstić information content (AvgIpc) is 3.20. The number of hydrogen-bond acceptors (Lipinski definition) is 4. The molecule has 6 nitrogen and oxygen atoms in total. The van der Waals surface area contributed by atoms with Gasteiger partial charge in [0.2, 0.25) is 0 Å². The summed E-state index contributed by atoms with van der Waals surface area (Å²) in [5.74, 6) is -0.186. The third-order valence-corrected chi connectivity index (χ3v) is 7.69. The third kappa shape index (κ3) is 5.50. The number of carbonyl (C=O) groups is 2. The van der Waals surface area contributed by atoms with Crippen LogP contribution in [0, 0.1) is 27.7 Å². The second-order valence-electron chi connectivity index (χ2n) is 9.82. The molecule has 1 fully saturated rings.